The zero-order valence-electron chi connectivity index (χ0n) is 10.1. The molecule has 0 amide bonds. The molecule has 1 aliphatic carbocycles. The van der Waals surface area contributed by atoms with Crippen LogP contribution in [-0.4, -0.2) is 24.5 Å². The number of likely N-dealkylation sites (tertiary alicyclic amines) is 1. The van der Waals surface area contributed by atoms with Gasteiger partial charge in [-0.2, -0.15) is 0 Å². The molecule has 1 heteroatoms. The highest BCUT2D eigenvalue weighted by molar-refractivity contribution is 4.89. The average molecular weight is 195 g/mol. The fourth-order valence-electron chi connectivity index (χ4n) is 2.82. The minimum atomic E-state index is 0.534. The van der Waals surface area contributed by atoms with Gasteiger partial charge >= 0.3 is 0 Å². The molecule has 1 nitrogen and oxygen atoms in total. The first-order valence-corrected chi connectivity index (χ1v) is 6.28. The normalized spacial score (nSPS) is 26.8. The van der Waals surface area contributed by atoms with Crippen LogP contribution in [0.25, 0.3) is 0 Å². The van der Waals surface area contributed by atoms with E-state index in [4.69, 9.17) is 0 Å². The molecule has 0 radical (unpaired) electrons. The topological polar surface area (TPSA) is 3.24 Å². The molecular formula is C13H25N. The number of hydrogen-bond acceptors (Lipinski definition) is 1. The van der Waals surface area contributed by atoms with Crippen molar-refractivity contribution in [2.24, 2.45) is 17.3 Å². The Hall–Kier alpha value is -0.0400. The van der Waals surface area contributed by atoms with Crippen molar-refractivity contribution in [3.63, 3.8) is 0 Å². The summed E-state index contributed by atoms with van der Waals surface area (Å²) in [7, 11) is 0. The number of nitrogens with zero attached hydrogens (tertiary/aromatic N) is 1. The lowest BCUT2D eigenvalue weighted by molar-refractivity contribution is 0.0145. The summed E-state index contributed by atoms with van der Waals surface area (Å²) in [6, 6.07) is 0. The van der Waals surface area contributed by atoms with Gasteiger partial charge in [0.15, 0.2) is 0 Å². The lowest BCUT2D eigenvalue weighted by atomic mass is 9.76. The molecule has 0 aromatic heterocycles. The summed E-state index contributed by atoms with van der Waals surface area (Å²) in [5.74, 6) is 1.99. The van der Waals surface area contributed by atoms with Crippen molar-refractivity contribution in [2.45, 2.75) is 46.5 Å². The molecule has 1 heterocycles. The summed E-state index contributed by atoms with van der Waals surface area (Å²) in [4.78, 5) is 2.67. The first-order chi connectivity index (χ1) is 6.55. The second kappa shape index (κ2) is 3.84. The van der Waals surface area contributed by atoms with Crippen molar-refractivity contribution in [1.29, 1.82) is 0 Å². The molecule has 14 heavy (non-hydrogen) atoms. The molecule has 0 atom stereocenters. The van der Waals surface area contributed by atoms with Crippen LogP contribution in [0.1, 0.15) is 46.5 Å². The SMILES string of the molecule is CC(C)(C)C1CN(CC2CCCC2)C1. The van der Waals surface area contributed by atoms with Gasteiger partial charge in [-0.1, -0.05) is 33.6 Å². The van der Waals surface area contributed by atoms with Gasteiger partial charge in [0, 0.05) is 19.6 Å². The van der Waals surface area contributed by atoms with Gasteiger partial charge < -0.3 is 4.90 Å². The molecule has 2 aliphatic rings. The van der Waals surface area contributed by atoms with Crippen LogP contribution < -0.4 is 0 Å². The Labute approximate surface area is 88.9 Å². The van der Waals surface area contributed by atoms with Crippen LogP contribution >= 0.6 is 0 Å². The van der Waals surface area contributed by atoms with E-state index in [-0.39, 0.29) is 0 Å². The lowest BCUT2D eigenvalue weighted by Gasteiger charge is -2.47. The zero-order valence-corrected chi connectivity index (χ0v) is 10.1. The van der Waals surface area contributed by atoms with Crippen molar-refractivity contribution in [2.75, 3.05) is 19.6 Å². The van der Waals surface area contributed by atoms with E-state index in [2.05, 4.69) is 25.7 Å². The van der Waals surface area contributed by atoms with E-state index in [0.717, 1.165) is 11.8 Å². The Bertz CT molecular complexity index is 180. The van der Waals surface area contributed by atoms with Gasteiger partial charge in [-0.3, -0.25) is 0 Å². The van der Waals surface area contributed by atoms with E-state index in [1.807, 2.05) is 0 Å². The standard InChI is InChI=1S/C13H25N/c1-13(2,3)12-9-14(10-12)8-11-6-4-5-7-11/h11-12H,4-10H2,1-3H3. The number of hydrogen-bond donors (Lipinski definition) is 0. The highest BCUT2D eigenvalue weighted by atomic mass is 15.2. The molecule has 0 unspecified atom stereocenters. The van der Waals surface area contributed by atoms with Gasteiger partial charge in [-0.15, -0.1) is 0 Å². The minimum absolute atomic E-state index is 0.534. The first-order valence-electron chi connectivity index (χ1n) is 6.28. The van der Waals surface area contributed by atoms with Crippen molar-refractivity contribution < 1.29 is 0 Å². The molecule has 0 N–H and O–H groups in total. The average Bonchev–Trinajstić information content (AvgIpc) is 2.44. The smallest absolute Gasteiger partial charge is 0.00272 e. The fourth-order valence-corrected chi connectivity index (χ4v) is 2.82. The third kappa shape index (κ3) is 2.31. The van der Waals surface area contributed by atoms with Gasteiger partial charge in [0.1, 0.15) is 0 Å². The van der Waals surface area contributed by atoms with Crippen LogP contribution in [0, 0.1) is 17.3 Å². The van der Waals surface area contributed by atoms with E-state index in [1.165, 1.54) is 45.3 Å². The summed E-state index contributed by atoms with van der Waals surface area (Å²) >= 11 is 0. The predicted molar refractivity (Wildman–Crippen MR) is 61.3 cm³/mol. The fraction of sp³-hybridized carbons (Fsp3) is 1.00. The molecule has 0 bridgehead atoms. The van der Waals surface area contributed by atoms with Gasteiger partial charge in [-0.25, -0.2) is 0 Å². The van der Waals surface area contributed by atoms with Crippen molar-refractivity contribution in [1.82, 2.24) is 4.90 Å². The molecule has 0 spiro atoms. The molecule has 1 saturated carbocycles. The first kappa shape index (κ1) is 10.5. The summed E-state index contributed by atoms with van der Waals surface area (Å²) in [6.45, 7) is 11.3. The van der Waals surface area contributed by atoms with Crippen LogP contribution in [0.15, 0.2) is 0 Å². The van der Waals surface area contributed by atoms with Gasteiger partial charge in [0.2, 0.25) is 0 Å². The molecule has 0 aromatic carbocycles. The van der Waals surface area contributed by atoms with Crippen molar-refractivity contribution >= 4 is 0 Å². The van der Waals surface area contributed by atoms with Gasteiger partial charge in [0.25, 0.3) is 0 Å². The second-order valence-corrected chi connectivity index (χ2v) is 6.43. The van der Waals surface area contributed by atoms with Crippen molar-refractivity contribution in [3.05, 3.63) is 0 Å². The highest BCUT2D eigenvalue weighted by Gasteiger charge is 2.36. The molecule has 1 aliphatic heterocycles. The third-order valence-corrected chi connectivity index (χ3v) is 4.17. The second-order valence-electron chi connectivity index (χ2n) is 6.43. The molecule has 1 saturated heterocycles. The Morgan fingerprint density at radius 1 is 1.07 bits per heavy atom. The number of rotatable bonds is 2. The highest BCUT2D eigenvalue weighted by Crippen LogP contribution is 2.35. The van der Waals surface area contributed by atoms with Crippen LogP contribution in [0.5, 0.6) is 0 Å². The summed E-state index contributed by atoms with van der Waals surface area (Å²) in [5, 5.41) is 0. The maximum absolute atomic E-state index is 2.67. The summed E-state index contributed by atoms with van der Waals surface area (Å²) in [6.07, 6.45) is 5.97. The molecular weight excluding hydrogens is 170 g/mol. The maximum atomic E-state index is 2.67. The molecule has 0 aromatic rings. The van der Waals surface area contributed by atoms with E-state index < -0.39 is 0 Å². The van der Waals surface area contributed by atoms with E-state index in [1.54, 1.807) is 0 Å². The van der Waals surface area contributed by atoms with Crippen molar-refractivity contribution in [3.8, 4) is 0 Å². The van der Waals surface area contributed by atoms with E-state index in [9.17, 15) is 0 Å². The molecule has 82 valence electrons. The largest absolute Gasteiger partial charge is 0.302 e. The van der Waals surface area contributed by atoms with Crippen LogP contribution in [0.4, 0.5) is 0 Å². The quantitative estimate of drug-likeness (QED) is 0.654. The Morgan fingerprint density at radius 3 is 2.14 bits per heavy atom. The maximum Gasteiger partial charge on any atom is 0.00272 e. The summed E-state index contributed by atoms with van der Waals surface area (Å²) in [5.41, 5.74) is 0.534. The Morgan fingerprint density at radius 2 is 1.64 bits per heavy atom. The zero-order chi connectivity index (χ0) is 10.2. The third-order valence-electron chi connectivity index (χ3n) is 4.17. The van der Waals surface area contributed by atoms with E-state index in [0.29, 0.717) is 5.41 Å². The van der Waals surface area contributed by atoms with Gasteiger partial charge in [-0.05, 0) is 30.1 Å². The summed E-state index contributed by atoms with van der Waals surface area (Å²) < 4.78 is 0. The van der Waals surface area contributed by atoms with Crippen LogP contribution in [0.2, 0.25) is 0 Å². The minimum Gasteiger partial charge on any atom is -0.302 e. The van der Waals surface area contributed by atoms with E-state index >= 15 is 0 Å². The molecule has 2 rings (SSSR count). The van der Waals surface area contributed by atoms with Gasteiger partial charge in [0.05, 0.1) is 0 Å². The van der Waals surface area contributed by atoms with Crippen LogP contribution in [-0.2, 0) is 0 Å². The Kier molecular flexibility index (Phi) is 2.88. The predicted octanol–water partition coefficient (Wildman–Crippen LogP) is 3.15. The lowest BCUT2D eigenvalue weighted by Crippen LogP contribution is -2.53. The monoisotopic (exact) mass is 195 g/mol. The Balaban J connectivity index is 1.67. The van der Waals surface area contributed by atoms with Crippen LogP contribution in [0.3, 0.4) is 0 Å². The molecule has 2 fully saturated rings.